The van der Waals surface area contributed by atoms with Crippen molar-refractivity contribution in [3.05, 3.63) is 60.2 Å². The number of hydrogen-bond acceptors (Lipinski definition) is 4. The molecule has 1 aliphatic rings. The summed E-state index contributed by atoms with van der Waals surface area (Å²) in [6.45, 7) is 1.64. The fourth-order valence-corrected chi connectivity index (χ4v) is 2.75. The van der Waals surface area contributed by atoms with Crippen LogP contribution >= 0.6 is 0 Å². The maximum absolute atomic E-state index is 12.9. The molecule has 5 nitrogen and oxygen atoms in total. The van der Waals surface area contributed by atoms with Gasteiger partial charge in [-0.05, 0) is 49.2 Å². The van der Waals surface area contributed by atoms with E-state index in [0.29, 0.717) is 25.4 Å². The first kappa shape index (κ1) is 17.4. The second kappa shape index (κ2) is 8.58. The molecule has 1 amide bonds. The molecule has 0 spiro atoms. The van der Waals surface area contributed by atoms with Gasteiger partial charge in [-0.1, -0.05) is 6.07 Å². The summed E-state index contributed by atoms with van der Waals surface area (Å²) in [5.41, 5.74) is 0.880. The van der Waals surface area contributed by atoms with Crippen LogP contribution in [0.25, 0.3) is 0 Å². The van der Waals surface area contributed by atoms with Crippen molar-refractivity contribution in [1.29, 1.82) is 0 Å². The zero-order valence-corrected chi connectivity index (χ0v) is 13.9. The number of benzene rings is 1. The van der Waals surface area contributed by atoms with E-state index < -0.39 is 0 Å². The number of aromatic nitrogens is 1. The van der Waals surface area contributed by atoms with E-state index in [9.17, 15) is 9.18 Å². The lowest BCUT2D eigenvalue weighted by Gasteiger charge is -2.32. The van der Waals surface area contributed by atoms with Crippen molar-refractivity contribution in [2.45, 2.75) is 25.6 Å². The topological polar surface area (TPSA) is 51.7 Å². The van der Waals surface area contributed by atoms with Crippen molar-refractivity contribution >= 4 is 5.91 Å². The molecule has 1 aliphatic heterocycles. The van der Waals surface area contributed by atoms with Gasteiger partial charge in [0.05, 0.1) is 18.4 Å². The highest BCUT2D eigenvalue weighted by atomic mass is 19.1. The predicted molar refractivity (Wildman–Crippen MR) is 90.5 cm³/mol. The second-order valence-electron chi connectivity index (χ2n) is 5.98. The van der Waals surface area contributed by atoms with Crippen molar-refractivity contribution < 1.29 is 18.7 Å². The van der Waals surface area contributed by atoms with Crippen molar-refractivity contribution in [3.8, 4) is 5.75 Å². The highest BCUT2D eigenvalue weighted by Gasteiger charge is 2.24. The minimum absolute atomic E-state index is 0.00512. The molecule has 3 rings (SSSR count). The van der Waals surface area contributed by atoms with E-state index in [1.165, 1.54) is 24.3 Å². The molecule has 0 N–H and O–H groups in total. The monoisotopic (exact) mass is 344 g/mol. The number of halogens is 1. The largest absolute Gasteiger partial charge is 0.484 e. The number of pyridine rings is 1. The van der Waals surface area contributed by atoms with Gasteiger partial charge in [-0.25, -0.2) is 4.39 Å². The zero-order chi connectivity index (χ0) is 17.5. The molecule has 1 fully saturated rings. The molecule has 2 aromatic rings. The molecule has 1 atom stereocenters. The molecule has 0 aliphatic carbocycles. The van der Waals surface area contributed by atoms with Crippen LogP contribution in [-0.4, -0.2) is 41.6 Å². The van der Waals surface area contributed by atoms with Gasteiger partial charge in [0.2, 0.25) is 0 Å². The Bertz CT molecular complexity index is 679. The molecule has 1 unspecified atom stereocenters. The number of nitrogens with zero attached hydrogens (tertiary/aromatic N) is 2. The number of carbonyl (C=O) groups excluding carboxylic acids is 1. The lowest BCUT2D eigenvalue weighted by atomic mass is 10.1. The summed E-state index contributed by atoms with van der Waals surface area (Å²) in [6.07, 6.45) is 3.57. The predicted octanol–water partition coefficient (Wildman–Crippen LogP) is 2.81. The van der Waals surface area contributed by atoms with Gasteiger partial charge in [0, 0.05) is 19.3 Å². The van der Waals surface area contributed by atoms with E-state index in [1.807, 2.05) is 18.2 Å². The first-order chi connectivity index (χ1) is 12.2. The first-order valence-electron chi connectivity index (χ1n) is 8.38. The summed E-state index contributed by atoms with van der Waals surface area (Å²) in [5, 5.41) is 0. The lowest BCUT2D eigenvalue weighted by Crippen LogP contribution is -2.45. The number of carbonyl (C=O) groups is 1. The standard InChI is InChI=1S/C19H21FN2O3/c20-15-6-8-17(9-7-15)25-14-19(23)22-11-3-5-18(12-22)24-13-16-4-1-2-10-21-16/h1-2,4,6-10,18H,3,5,11-14H2. The highest BCUT2D eigenvalue weighted by Crippen LogP contribution is 2.16. The lowest BCUT2D eigenvalue weighted by molar-refractivity contribution is -0.137. The average Bonchev–Trinajstić information content (AvgIpc) is 2.67. The summed E-state index contributed by atoms with van der Waals surface area (Å²) in [7, 11) is 0. The van der Waals surface area contributed by atoms with Crippen LogP contribution in [0, 0.1) is 5.82 Å². The molecule has 25 heavy (non-hydrogen) atoms. The number of likely N-dealkylation sites (tertiary alicyclic amines) is 1. The van der Waals surface area contributed by atoms with Crippen LogP contribution in [0.5, 0.6) is 5.75 Å². The van der Waals surface area contributed by atoms with E-state index in [4.69, 9.17) is 9.47 Å². The van der Waals surface area contributed by atoms with Crippen LogP contribution in [0.2, 0.25) is 0 Å². The molecule has 0 bridgehead atoms. The normalized spacial score (nSPS) is 17.3. The quantitative estimate of drug-likeness (QED) is 0.809. The summed E-state index contributed by atoms with van der Waals surface area (Å²) in [6, 6.07) is 11.3. The second-order valence-corrected chi connectivity index (χ2v) is 5.98. The van der Waals surface area contributed by atoms with E-state index in [0.717, 1.165) is 18.5 Å². The minimum atomic E-state index is -0.331. The molecule has 6 heteroatoms. The minimum Gasteiger partial charge on any atom is -0.484 e. The van der Waals surface area contributed by atoms with Gasteiger partial charge in [-0.15, -0.1) is 0 Å². The van der Waals surface area contributed by atoms with Gasteiger partial charge in [-0.2, -0.15) is 0 Å². The molecule has 2 heterocycles. The van der Waals surface area contributed by atoms with Crippen LogP contribution in [0.1, 0.15) is 18.5 Å². The Balaban J connectivity index is 1.45. The van der Waals surface area contributed by atoms with Crippen LogP contribution in [0.3, 0.4) is 0 Å². The Morgan fingerprint density at radius 2 is 2.08 bits per heavy atom. The molecule has 0 radical (unpaired) electrons. The Morgan fingerprint density at radius 1 is 1.24 bits per heavy atom. The number of ether oxygens (including phenoxy) is 2. The summed E-state index contributed by atoms with van der Waals surface area (Å²) in [5.74, 6) is 0.0628. The maximum atomic E-state index is 12.9. The molecule has 0 saturated carbocycles. The van der Waals surface area contributed by atoms with E-state index in [-0.39, 0.29) is 24.4 Å². The van der Waals surface area contributed by atoms with Crippen LogP contribution in [-0.2, 0) is 16.1 Å². The Morgan fingerprint density at radius 3 is 2.84 bits per heavy atom. The van der Waals surface area contributed by atoms with Crippen LogP contribution in [0.15, 0.2) is 48.7 Å². The Labute approximate surface area is 146 Å². The van der Waals surface area contributed by atoms with Gasteiger partial charge in [0.25, 0.3) is 5.91 Å². The van der Waals surface area contributed by atoms with E-state index >= 15 is 0 Å². The Hall–Kier alpha value is -2.47. The fraction of sp³-hybridized carbons (Fsp3) is 0.368. The highest BCUT2D eigenvalue weighted by molar-refractivity contribution is 5.77. The van der Waals surface area contributed by atoms with E-state index in [1.54, 1.807) is 11.1 Å². The van der Waals surface area contributed by atoms with Gasteiger partial charge >= 0.3 is 0 Å². The number of hydrogen-bond donors (Lipinski definition) is 0. The third-order valence-electron chi connectivity index (χ3n) is 4.10. The molecular formula is C19H21FN2O3. The molecular weight excluding hydrogens is 323 g/mol. The average molecular weight is 344 g/mol. The van der Waals surface area contributed by atoms with Crippen molar-refractivity contribution in [3.63, 3.8) is 0 Å². The number of piperidine rings is 1. The van der Waals surface area contributed by atoms with Gasteiger partial charge < -0.3 is 14.4 Å². The maximum Gasteiger partial charge on any atom is 0.260 e. The fourth-order valence-electron chi connectivity index (χ4n) is 2.75. The van der Waals surface area contributed by atoms with Crippen molar-refractivity contribution in [2.75, 3.05) is 19.7 Å². The third kappa shape index (κ3) is 5.26. The smallest absolute Gasteiger partial charge is 0.260 e. The summed E-state index contributed by atoms with van der Waals surface area (Å²) in [4.78, 5) is 18.3. The summed E-state index contributed by atoms with van der Waals surface area (Å²) >= 11 is 0. The van der Waals surface area contributed by atoms with Gasteiger partial charge in [0.1, 0.15) is 11.6 Å². The van der Waals surface area contributed by atoms with Crippen LogP contribution in [0.4, 0.5) is 4.39 Å². The third-order valence-corrected chi connectivity index (χ3v) is 4.10. The SMILES string of the molecule is O=C(COc1ccc(F)cc1)N1CCCC(OCc2ccccn2)C1. The number of amides is 1. The van der Waals surface area contributed by atoms with Gasteiger partial charge in [0.15, 0.2) is 6.61 Å². The zero-order valence-electron chi connectivity index (χ0n) is 13.9. The molecule has 132 valence electrons. The first-order valence-corrected chi connectivity index (χ1v) is 8.38. The van der Waals surface area contributed by atoms with Gasteiger partial charge in [-0.3, -0.25) is 9.78 Å². The van der Waals surface area contributed by atoms with Crippen LogP contribution < -0.4 is 4.74 Å². The molecule has 1 saturated heterocycles. The van der Waals surface area contributed by atoms with Crippen molar-refractivity contribution in [1.82, 2.24) is 9.88 Å². The number of rotatable bonds is 6. The Kier molecular flexibility index (Phi) is 5.95. The molecule has 1 aromatic carbocycles. The van der Waals surface area contributed by atoms with Crippen molar-refractivity contribution in [2.24, 2.45) is 0 Å². The van der Waals surface area contributed by atoms with E-state index in [2.05, 4.69) is 4.98 Å². The molecule has 1 aromatic heterocycles. The summed E-state index contributed by atoms with van der Waals surface area (Å²) < 4.78 is 24.2.